The zero-order valence-corrected chi connectivity index (χ0v) is 11.9. The predicted octanol–water partition coefficient (Wildman–Crippen LogP) is 2.68. The van der Waals surface area contributed by atoms with Crippen LogP contribution in [0.15, 0.2) is 41.8 Å². The summed E-state index contributed by atoms with van der Waals surface area (Å²) in [4.78, 5) is 4.11. The summed E-state index contributed by atoms with van der Waals surface area (Å²) in [6.45, 7) is 2.93. The minimum Gasteiger partial charge on any atom is -0.329 e. The van der Waals surface area contributed by atoms with E-state index < -0.39 is 0 Å². The molecule has 3 rings (SSSR count). The molecule has 1 aliphatic rings. The molecular weight excluding hydrogens is 252 g/mol. The molecule has 0 saturated heterocycles. The largest absolute Gasteiger partial charge is 0.329 e. The van der Waals surface area contributed by atoms with Gasteiger partial charge in [-0.2, -0.15) is 0 Å². The number of fused-ring (bicyclic) bond motifs is 1. The highest BCUT2D eigenvalue weighted by atomic mass is 32.1. The van der Waals surface area contributed by atoms with Crippen molar-refractivity contribution in [2.45, 2.75) is 25.4 Å². The Hall–Kier alpha value is -1.16. The molecule has 1 aromatic carbocycles. The number of nitrogens with zero attached hydrogens (tertiary/aromatic N) is 1. The van der Waals surface area contributed by atoms with Crippen LogP contribution in [-0.2, 0) is 19.4 Å². The number of benzene rings is 1. The molecule has 0 amide bonds. The Kier molecular flexibility index (Phi) is 3.97. The van der Waals surface area contributed by atoms with Gasteiger partial charge in [-0.3, -0.25) is 4.90 Å². The van der Waals surface area contributed by atoms with E-state index in [0.717, 1.165) is 26.1 Å². The van der Waals surface area contributed by atoms with E-state index in [0.29, 0.717) is 6.04 Å². The summed E-state index contributed by atoms with van der Waals surface area (Å²) in [7, 11) is 0. The van der Waals surface area contributed by atoms with Crippen LogP contribution >= 0.6 is 11.3 Å². The molecule has 0 saturated carbocycles. The molecule has 1 aliphatic heterocycles. The van der Waals surface area contributed by atoms with Gasteiger partial charge in [-0.1, -0.05) is 30.3 Å². The monoisotopic (exact) mass is 272 g/mol. The lowest BCUT2D eigenvalue weighted by molar-refractivity contribution is 0.182. The summed E-state index contributed by atoms with van der Waals surface area (Å²) in [5, 5.41) is 2.21. The van der Waals surface area contributed by atoms with Crippen molar-refractivity contribution in [3.8, 4) is 0 Å². The quantitative estimate of drug-likeness (QED) is 0.927. The van der Waals surface area contributed by atoms with Gasteiger partial charge in [0.05, 0.1) is 0 Å². The molecule has 0 aliphatic carbocycles. The first kappa shape index (κ1) is 12.9. The molecule has 2 N–H and O–H groups in total. The lowest BCUT2D eigenvalue weighted by atomic mass is 10.0. The summed E-state index contributed by atoms with van der Waals surface area (Å²) in [6.07, 6.45) is 2.23. The van der Waals surface area contributed by atoms with Crippen molar-refractivity contribution in [1.82, 2.24) is 4.90 Å². The second kappa shape index (κ2) is 5.87. The molecular formula is C16H20N2S. The highest BCUT2D eigenvalue weighted by Crippen LogP contribution is 2.25. The molecule has 0 spiro atoms. The Balaban J connectivity index is 1.70. The second-order valence-electron chi connectivity index (χ2n) is 5.17. The van der Waals surface area contributed by atoms with Gasteiger partial charge in [-0.25, -0.2) is 0 Å². The van der Waals surface area contributed by atoms with Crippen molar-refractivity contribution in [1.29, 1.82) is 0 Å². The Labute approximate surface area is 118 Å². The lowest BCUT2D eigenvalue weighted by Crippen LogP contribution is -2.44. The van der Waals surface area contributed by atoms with Gasteiger partial charge < -0.3 is 5.73 Å². The molecule has 0 fully saturated rings. The highest BCUT2D eigenvalue weighted by Gasteiger charge is 2.23. The second-order valence-corrected chi connectivity index (χ2v) is 6.17. The first-order chi connectivity index (χ1) is 9.36. The fraction of sp³-hybridized carbons (Fsp3) is 0.375. The first-order valence-corrected chi connectivity index (χ1v) is 7.78. The van der Waals surface area contributed by atoms with Crippen LogP contribution in [0.3, 0.4) is 0 Å². The Morgan fingerprint density at radius 2 is 2.05 bits per heavy atom. The van der Waals surface area contributed by atoms with E-state index in [2.05, 4.69) is 46.7 Å². The van der Waals surface area contributed by atoms with E-state index >= 15 is 0 Å². The minimum atomic E-state index is 0.454. The maximum Gasteiger partial charge on any atom is 0.0262 e. The van der Waals surface area contributed by atoms with Crippen LogP contribution < -0.4 is 5.73 Å². The average molecular weight is 272 g/mol. The molecule has 19 heavy (non-hydrogen) atoms. The third-order valence-electron chi connectivity index (χ3n) is 3.94. The molecule has 0 radical (unpaired) electrons. The van der Waals surface area contributed by atoms with Gasteiger partial charge >= 0.3 is 0 Å². The zero-order chi connectivity index (χ0) is 13.1. The van der Waals surface area contributed by atoms with Gasteiger partial charge in [0.25, 0.3) is 0 Å². The van der Waals surface area contributed by atoms with Crippen molar-refractivity contribution in [2.75, 3.05) is 13.1 Å². The third kappa shape index (κ3) is 2.89. The van der Waals surface area contributed by atoms with Crippen LogP contribution in [0.2, 0.25) is 0 Å². The molecule has 1 aromatic heterocycles. The molecule has 3 heteroatoms. The predicted molar refractivity (Wildman–Crippen MR) is 81.4 cm³/mol. The van der Waals surface area contributed by atoms with Gasteiger partial charge in [-0.05, 0) is 35.4 Å². The fourth-order valence-electron chi connectivity index (χ4n) is 2.83. The van der Waals surface area contributed by atoms with E-state index in [1.54, 1.807) is 4.88 Å². The van der Waals surface area contributed by atoms with E-state index in [-0.39, 0.29) is 0 Å². The first-order valence-electron chi connectivity index (χ1n) is 6.90. The molecule has 2 nitrogen and oxygen atoms in total. The smallest absolute Gasteiger partial charge is 0.0262 e. The van der Waals surface area contributed by atoms with Crippen molar-refractivity contribution < 1.29 is 0 Å². The van der Waals surface area contributed by atoms with E-state index in [1.165, 1.54) is 17.5 Å². The van der Waals surface area contributed by atoms with Crippen molar-refractivity contribution >= 4 is 11.3 Å². The minimum absolute atomic E-state index is 0.454. The molecule has 1 unspecified atom stereocenters. The van der Waals surface area contributed by atoms with Gasteiger partial charge in [0, 0.05) is 30.6 Å². The summed E-state index contributed by atoms with van der Waals surface area (Å²) < 4.78 is 0. The SMILES string of the molecule is NCC(Cc1ccccc1)N1CCc2sccc2C1. The molecule has 1 atom stereocenters. The molecule has 2 aromatic rings. The maximum absolute atomic E-state index is 6.01. The Morgan fingerprint density at radius 1 is 1.21 bits per heavy atom. The fourth-order valence-corrected chi connectivity index (χ4v) is 3.72. The van der Waals surface area contributed by atoms with Crippen molar-refractivity contribution in [3.63, 3.8) is 0 Å². The standard InChI is InChI=1S/C16H20N2S/c17-11-15(10-13-4-2-1-3-5-13)18-8-6-16-14(12-18)7-9-19-16/h1-5,7,9,15H,6,8,10-12,17H2. The Bertz CT molecular complexity index is 521. The zero-order valence-electron chi connectivity index (χ0n) is 11.1. The summed E-state index contributed by atoms with van der Waals surface area (Å²) >= 11 is 1.89. The number of rotatable bonds is 4. The molecule has 2 heterocycles. The van der Waals surface area contributed by atoms with Crippen LogP contribution in [-0.4, -0.2) is 24.0 Å². The number of hydrogen-bond donors (Lipinski definition) is 1. The van der Waals surface area contributed by atoms with Crippen LogP contribution in [0, 0.1) is 0 Å². The van der Waals surface area contributed by atoms with Crippen molar-refractivity contribution in [3.05, 3.63) is 57.8 Å². The third-order valence-corrected chi connectivity index (χ3v) is 4.96. The van der Waals surface area contributed by atoms with Gasteiger partial charge in [-0.15, -0.1) is 11.3 Å². The number of thiophene rings is 1. The normalized spacial score (nSPS) is 17.1. The molecule has 0 bridgehead atoms. The van der Waals surface area contributed by atoms with Crippen LogP contribution in [0.5, 0.6) is 0 Å². The van der Waals surface area contributed by atoms with E-state index in [1.807, 2.05) is 11.3 Å². The lowest BCUT2D eigenvalue weighted by Gasteiger charge is -2.34. The average Bonchev–Trinajstić information content (AvgIpc) is 2.93. The highest BCUT2D eigenvalue weighted by molar-refractivity contribution is 7.10. The molecule has 100 valence electrons. The van der Waals surface area contributed by atoms with Crippen LogP contribution in [0.1, 0.15) is 16.0 Å². The van der Waals surface area contributed by atoms with Gasteiger partial charge in [0.1, 0.15) is 0 Å². The van der Waals surface area contributed by atoms with Gasteiger partial charge in [0.2, 0.25) is 0 Å². The van der Waals surface area contributed by atoms with Crippen molar-refractivity contribution in [2.24, 2.45) is 5.73 Å². The van der Waals surface area contributed by atoms with E-state index in [4.69, 9.17) is 5.73 Å². The van der Waals surface area contributed by atoms with Crippen LogP contribution in [0.4, 0.5) is 0 Å². The topological polar surface area (TPSA) is 29.3 Å². The van der Waals surface area contributed by atoms with Crippen LogP contribution in [0.25, 0.3) is 0 Å². The summed E-state index contributed by atoms with van der Waals surface area (Å²) in [6, 6.07) is 13.4. The van der Waals surface area contributed by atoms with E-state index in [9.17, 15) is 0 Å². The summed E-state index contributed by atoms with van der Waals surface area (Å²) in [5.74, 6) is 0. The number of hydrogen-bond acceptors (Lipinski definition) is 3. The maximum atomic E-state index is 6.01. The number of nitrogens with two attached hydrogens (primary N) is 1. The Morgan fingerprint density at radius 3 is 2.84 bits per heavy atom. The van der Waals surface area contributed by atoms with Gasteiger partial charge in [0.15, 0.2) is 0 Å². The summed E-state index contributed by atoms with van der Waals surface area (Å²) in [5.41, 5.74) is 8.89.